The van der Waals surface area contributed by atoms with E-state index in [-0.39, 0.29) is 30.0 Å². The molecule has 1 fully saturated rings. The molecule has 25 heavy (non-hydrogen) atoms. The van der Waals surface area contributed by atoms with Gasteiger partial charge >= 0.3 is 0 Å². The molecular formula is C17H25BrN2O4S. The normalized spacial score (nSPS) is 21.1. The van der Waals surface area contributed by atoms with Gasteiger partial charge < -0.3 is 10.1 Å². The molecule has 1 aromatic carbocycles. The van der Waals surface area contributed by atoms with E-state index in [9.17, 15) is 13.2 Å². The number of sulfonamides is 1. The Balaban J connectivity index is 2.11. The Bertz CT molecular complexity index is 701. The van der Waals surface area contributed by atoms with Gasteiger partial charge in [0.15, 0.2) is 0 Å². The number of amides is 1. The first-order chi connectivity index (χ1) is 11.8. The lowest BCUT2D eigenvalue weighted by Crippen LogP contribution is -2.37. The van der Waals surface area contributed by atoms with Crippen molar-refractivity contribution in [1.29, 1.82) is 0 Å². The number of carbonyl (C=O) groups is 1. The average molecular weight is 433 g/mol. The highest BCUT2D eigenvalue weighted by atomic mass is 79.9. The first-order valence-electron chi connectivity index (χ1n) is 8.42. The molecule has 0 spiro atoms. The van der Waals surface area contributed by atoms with Crippen molar-refractivity contribution in [2.75, 3.05) is 20.3 Å². The van der Waals surface area contributed by atoms with Crippen LogP contribution in [-0.4, -0.2) is 40.6 Å². The second kappa shape index (κ2) is 9.12. The predicted molar refractivity (Wildman–Crippen MR) is 100 cm³/mol. The van der Waals surface area contributed by atoms with Crippen LogP contribution in [0, 0.1) is 5.92 Å². The van der Waals surface area contributed by atoms with Crippen molar-refractivity contribution in [2.24, 2.45) is 5.92 Å². The summed E-state index contributed by atoms with van der Waals surface area (Å²) in [5, 5.41) is 3.02. The Kier molecular flexibility index (Phi) is 7.42. The first-order valence-corrected chi connectivity index (χ1v) is 10.7. The maximum atomic E-state index is 12.6. The van der Waals surface area contributed by atoms with Gasteiger partial charge in [0, 0.05) is 24.2 Å². The number of halogens is 1. The summed E-state index contributed by atoms with van der Waals surface area (Å²) >= 11 is 3.34. The number of methoxy groups -OCH3 is 1. The monoisotopic (exact) mass is 432 g/mol. The minimum Gasteiger partial charge on any atom is -0.383 e. The Morgan fingerprint density at radius 3 is 2.60 bits per heavy atom. The third-order valence-corrected chi connectivity index (χ3v) is 6.59. The van der Waals surface area contributed by atoms with Crippen molar-refractivity contribution in [3.63, 3.8) is 0 Å². The molecule has 1 aliphatic carbocycles. The van der Waals surface area contributed by atoms with Gasteiger partial charge in [0.2, 0.25) is 10.0 Å². The first kappa shape index (κ1) is 20.4. The van der Waals surface area contributed by atoms with Crippen molar-refractivity contribution in [3.05, 3.63) is 28.2 Å². The summed E-state index contributed by atoms with van der Waals surface area (Å²) in [7, 11) is -2.17. The fourth-order valence-electron chi connectivity index (χ4n) is 2.87. The number of hydrogen-bond donors (Lipinski definition) is 2. The van der Waals surface area contributed by atoms with Gasteiger partial charge in [-0.05, 0) is 65.7 Å². The number of benzene rings is 1. The predicted octanol–water partition coefficient (Wildman–Crippen LogP) is 2.68. The van der Waals surface area contributed by atoms with Gasteiger partial charge in [-0.3, -0.25) is 4.79 Å². The molecule has 1 saturated carbocycles. The zero-order valence-corrected chi connectivity index (χ0v) is 17.0. The van der Waals surface area contributed by atoms with Gasteiger partial charge in [-0.1, -0.05) is 6.92 Å². The van der Waals surface area contributed by atoms with E-state index in [1.807, 2.05) is 0 Å². The summed E-state index contributed by atoms with van der Waals surface area (Å²) in [5.74, 6) is 0.451. The molecule has 6 nitrogen and oxygen atoms in total. The third-order valence-electron chi connectivity index (χ3n) is 4.44. The zero-order chi connectivity index (χ0) is 18.4. The molecule has 1 aliphatic rings. The molecule has 0 bridgehead atoms. The van der Waals surface area contributed by atoms with Crippen LogP contribution in [0.15, 0.2) is 27.6 Å². The lowest BCUT2D eigenvalue weighted by atomic mass is 9.87. The van der Waals surface area contributed by atoms with Crippen LogP contribution < -0.4 is 10.0 Å². The van der Waals surface area contributed by atoms with Crippen LogP contribution >= 0.6 is 15.9 Å². The van der Waals surface area contributed by atoms with Gasteiger partial charge in [-0.2, -0.15) is 0 Å². The molecule has 2 rings (SSSR count). The molecule has 0 aliphatic heterocycles. The molecule has 2 N–H and O–H groups in total. The topological polar surface area (TPSA) is 84.5 Å². The standard InChI is InChI=1S/C17H25BrN2O4S/c1-12-3-5-13(6-4-12)20-17(21)15-11-14(7-8-16(15)18)25(22,23)19-9-10-24-2/h7-8,11-13,19H,3-6,9-10H2,1-2H3,(H,20,21). The van der Waals surface area contributed by atoms with Crippen molar-refractivity contribution in [2.45, 2.75) is 43.5 Å². The smallest absolute Gasteiger partial charge is 0.252 e. The van der Waals surface area contributed by atoms with Crippen LogP contribution in [0.2, 0.25) is 0 Å². The lowest BCUT2D eigenvalue weighted by molar-refractivity contribution is 0.0922. The molecule has 0 radical (unpaired) electrons. The van der Waals surface area contributed by atoms with E-state index in [1.165, 1.54) is 19.2 Å². The lowest BCUT2D eigenvalue weighted by Gasteiger charge is -2.27. The van der Waals surface area contributed by atoms with E-state index in [0.717, 1.165) is 25.7 Å². The second-order valence-corrected chi connectivity index (χ2v) is 9.08. The summed E-state index contributed by atoms with van der Waals surface area (Å²) in [5.41, 5.74) is 0.327. The van der Waals surface area contributed by atoms with Gasteiger partial charge in [0.05, 0.1) is 17.1 Å². The van der Waals surface area contributed by atoms with Crippen LogP contribution in [0.25, 0.3) is 0 Å². The molecule has 0 saturated heterocycles. The Hall–Kier alpha value is -0.960. The van der Waals surface area contributed by atoms with Crippen molar-refractivity contribution < 1.29 is 17.9 Å². The van der Waals surface area contributed by atoms with Gasteiger partial charge in [0.25, 0.3) is 5.91 Å². The third kappa shape index (κ3) is 5.77. The van der Waals surface area contributed by atoms with Crippen molar-refractivity contribution in [3.8, 4) is 0 Å². The summed E-state index contributed by atoms with van der Waals surface area (Å²) in [6, 6.07) is 4.61. The highest BCUT2D eigenvalue weighted by molar-refractivity contribution is 9.10. The molecule has 140 valence electrons. The van der Waals surface area contributed by atoms with Crippen LogP contribution in [0.3, 0.4) is 0 Å². The van der Waals surface area contributed by atoms with E-state index in [0.29, 0.717) is 16.0 Å². The molecule has 0 atom stereocenters. The minimum atomic E-state index is -3.68. The summed E-state index contributed by atoms with van der Waals surface area (Å²) < 4.78 is 32.5. The van der Waals surface area contributed by atoms with E-state index in [2.05, 4.69) is 32.9 Å². The van der Waals surface area contributed by atoms with E-state index in [4.69, 9.17) is 4.74 Å². The molecule has 8 heteroatoms. The quantitative estimate of drug-likeness (QED) is 0.648. The Morgan fingerprint density at radius 2 is 1.96 bits per heavy atom. The highest BCUT2D eigenvalue weighted by Crippen LogP contribution is 2.25. The minimum absolute atomic E-state index is 0.0641. The number of rotatable bonds is 7. The Morgan fingerprint density at radius 1 is 1.28 bits per heavy atom. The van der Waals surface area contributed by atoms with Crippen LogP contribution in [0.4, 0.5) is 0 Å². The summed E-state index contributed by atoms with van der Waals surface area (Å²) in [6.07, 6.45) is 4.12. The summed E-state index contributed by atoms with van der Waals surface area (Å²) in [4.78, 5) is 12.6. The van der Waals surface area contributed by atoms with Crippen LogP contribution in [-0.2, 0) is 14.8 Å². The maximum Gasteiger partial charge on any atom is 0.252 e. The van der Waals surface area contributed by atoms with Crippen molar-refractivity contribution in [1.82, 2.24) is 10.0 Å². The largest absolute Gasteiger partial charge is 0.383 e. The highest BCUT2D eigenvalue weighted by Gasteiger charge is 2.23. The number of carbonyl (C=O) groups excluding carboxylic acids is 1. The number of ether oxygens (including phenoxy) is 1. The fraction of sp³-hybridized carbons (Fsp3) is 0.588. The molecule has 1 aromatic rings. The van der Waals surface area contributed by atoms with E-state index < -0.39 is 10.0 Å². The molecule has 1 amide bonds. The second-order valence-electron chi connectivity index (χ2n) is 6.46. The molecular weight excluding hydrogens is 408 g/mol. The number of hydrogen-bond acceptors (Lipinski definition) is 4. The van der Waals surface area contributed by atoms with Gasteiger partial charge in [-0.15, -0.1) is 0 Å². The summed E-state index contributed by atoms with van der Waals surface area (Å²) in [6.45, 7) is 2.68. The van der Waals surface area contributed by atoms with E-state index >= 15 is 0 Å². The molecule has 0 heterocycles. The molecule has 0 unspecified atom stereocenters. The van der Waals surface area contributed by atoms with Crippen LogP contribution in [0.1, 0.15) is 43.0 Å². The average Bonchev–Trinajstić information content (AvgIpc) is 2.57. The number of nitrogens with one attached hydrogen (secondary N) is 2. The van der Waals surface area contributed by atoms with Gasteiger partial charge in [-0.25, -0.2) is 13.1 Å². The SMILES string of the molecule is COCCNS(=O)(=O)c1ccc(Br)c(C(=O)NC2CCC(C)CC2)c1. The van der Waals surface area contributed by atoms with Crippen LogP contribution in [0.5, 0.6) is 0 Å². The van der Waals surface area contributed by atoms with Gasteiger partial charge in [0.1, 0.15) is 0 Å². The Labute approximate surface area is 157 Å². The fourth-order valence-corrected chi connectivity index (χ4v) is 4.34. The molecule has 0 aromatic heterocycles. The maximum absolute atomic E-state index is 12.6. The zero-order valence-electron chi connectivity index (χ0n) is 14.5. The van der Waals surface area contributed by atoms with Crippen molar-refractivity contribution >= 4 is 31.9 Å². The van der Waals surface area contributed by atoms with E-state index in [1.54, 1.807) is 6.07 Å².